The van der Waals surface area contributed by atoms with Crippen LogP contribution >= 0.6 is 7.60 Å². The van der Waals surface area contributed by atoms with Crippen molar-refractivity contribution in [2.75, 3.05) is 12.8 Å². The normalized spacial score (nSPS) is 41.2. The lowest BCUT2D eigenvalue weighted by atomic mass is 10.1. The maximum atomic E-state index is 11.0. The van der Waals surface area contributed by atoms with Crippen molar-refractivity contribution in [3.05, 3.63) is 0 Å². The minimum atomic E-state index is -3.97. The number of aliphatic hydroxyl groups excluding tert-OH is 3. The van der Waals surface area contributed by atoms with Crippen LogP contribution < -0.4 is 0 Å². The quantitative estimate of drug-likeness (QED) is 0.354. The van der Waals surface area contributed by atoms with Gasteiger partial charge in [-0.25, -0.2) is 0 Å². The molecule has 0 aromatic rings. The number of rotatable bonds is 5. The average molecular weight is 243 g/mol. The fraction of sp³-hybridized carbons (Fsp3) is 1.00. The maximum Gasteiger partial charge on any atom is 0.325 e. The summed E-state index contributed by atoms with van der Waals surface area (Å²) in [4.78, 5) is 12.6. The molecule has 1 rings (SSSR count). The first-order chi connectivity index (χ1) is 7.41. The number of hydrogen-bond donors (Lipinski definition) is 5. The summed E-state index contributed by atoms with van der Waals surface area (Å²) >= 11 is 0. The molecule has 90 valence electrons. The molecule has 7 nitrogen and oxygen atoms in total. The lowest BCUT2D eigenvalue weighted by molar-refractivity contribution is -0.0226. The molecule has 0 radical (unpaired) electrons. The van der Waals surface area contributed by atoms with Gasteiger partial charge in [-0.15, -0.1) is 0 Å². The Hall–Kier alpha value is -0.0100. The second-order valence-corrected chi connectivity index (χ2v) is 5.25. The molecule has 0 spiro atoms. The Morgan fingerprint density at radius 1 is 1.33 bits per heavy atom. The zero-order chi connectivity index (χ0) is 12.3. The molecule has 1 fully saturated rings. The van der Waals surface area contributed by atoms with Gasteiger partial charge in [0.05, 0.1) is 18.9 Å². The van der Waals surface area contributed by atoms with Crippen LogP contribution in [-0.4, -0.2) is 63.7 Å². The molecule has 0 saturated carbocycles. The first-order valence-electron chi connectivity index (χ1n) is 4.91. The third-order valence-electron chi connectivity index (χ3n) is 2.34. The standard InChI is InChI=1S/C7H15O7P/c8-3-5-7(10)6(9)4(14-5)1-2-15(11,12)13/h4-10H,1-3H2,(H2,11,12,13)/t4-,5+,6+,7+/m0/s1/i/hD. The van der Waals surface area contributed by atoms with E-state index in [1.165, 1.54) is 0 Å². The van der Waals surface area contributed by atoms with Crippen molar-refractivity contribution in [3.63, 3.8) is 0 Å². The van der Waals surface area contributed by atoms with Crippen LogP contribution in [0.1, 0.15) is 6.42 Å². The summed E-state index contributed by atoms with van der Waals surface area (Å²) in [7, 11) is -3.97. The molecule has 1 heterocycles. The first kappa shape index (κ1) is 11.5. The fourth-order valence-electron chi connectivity index (χ4n) is 1.51. The van der Waals surface area contributed by atoms with Gasteiger partial charge in [-0.1, -0.05) is 0 Å². The van der Waals surface area contributed by atoms with Crippen molar-refractivity contribution in [3.8, 4) is 0 Å². The second-order valence-electron chi connectivity index (χ2n) is 3.53. The molecule has 0 aliphatic carbocycles. The van der Waals surface area contributed by atoms with Crippen LogP contribution in [0.2, 0.25) is 0 Å². The summed E-state index contributed by atoms with van der Waals surface area (Å²) in [6.45, 7) is -0.444. The molecule has 1 saturated heterocycles. The highest BCUT2D eigenvalue weighted by molar-refractivity contribution is 7.51. The van der Waals surface area contributed by atoms with Crippen molar-refractivity contribution in [2.24, 2.45) is 0 Å². The zero-order valence-electron chi connectivity index (χ0n) is 8.89. The molecule has 15 heavy (non-hydrogen) atoms. The lowest BCUT2D eigenvalue weighted by Crippen LogP contribution is -2.34. The third-order valence-corrected chi connectivity index (χ3v) is 3.16. The average Bonchev–Trinajstić information content (AvgIpc) is 2.53. The van der Waals surface area contributed by atoms with Crippen LogP contribution in [0.15, 0.2) is 0 Å². The zero-order valence-corrected chi connectivity index (χ0v) is 8.79. The first-order valence-corrected chi connectivity index (χ1v) is 6.26. The molecule has 0 aromatic carbocycles. The highest BCUT2D eigenvalue weighted by atomic mass is 31.2. The molecule has 1 aliphatic heterocycles. The summed E-state index contributed by atoms with van der Waals surface area (Å²) in [6, 6.07) is 0. The largest absolute Gasteiger partial charge is 0.394 e. The van der Waals surface area contributed by atoms with E-state index >= 15 is 0 Å². The Morgan fingerprint density at radius 3 is 2.40 bits per heavy atom. The van der Waals surface area contributed by atoms with Crippen LogP contribution in [-0.2, 0) is 9.30 Å². The van der Waals surface area contributed by atoms with E-state index in [0.717, 1.165) is 0 Å². The van der Waals surface area contributed by atoms with Crippen LogP contribution in [0.5, 0.6) is 0 Å². The summed E-state index contributed by atoms with van der Waals surface area (Å²) in [5.74, 6) is 0. The Bertz CT molecular complexity index is 275. The van der Waals surface area contributed by atoms with E-state index in [4.69, 9.17) is 16.2 Å². The molecule has 8 heteroatoms. The number of aliphatic hydroxyl groups is 3. The van der Waals surface area contributed by atoms with Gasteiger partial charge < -0.3 is 29.8 Å². The van der Waals surface area contributed by atoms with Crippen molar-refractivity contribution >= 4 is 7.60 Å². The lowest BCUT2D eigenvalue weighted by Gasteiger charge is -2.14. The molecule has 1 unspecified atom stereocenters. The van der Waals surface area contributed by atoms with Crippen LogP contribution in [0, 0.1) is 0 Å². The minimum absolute atomic E-state index is 0.0403. The van der Waals surface area contributed by atoms with Crippen LogP contribution in [0.25, 0.3) is 0 Å². The molecule has 1 aliphatic rings. The topological polar surface area (TPSA) is 127 Å². The Balaban J connectivity index is 2.48. The molecular weight excluding hydrogens is 227 g/mol. The van der Waals surface area contributed by atoms with Crippen molar-refractivity contribution in [2.45, 2.75) is 30.8 Å². The van der Waals surface area contributed by atoms with Gasteiger partial charge in [0.1, 0.15) is 18.3 Å². The summed E-state index contributed by atoms with van der Waals surface area (Å²) in [5.41, 5.74) is 0. The van der Waals surface area contributed by atoms with Crippen molar-refractivity contribution in [1.82, 2.24) is 0 Å². The highest BCUT2D eigenvalue weighted by Crippen LogP contribution is 2.37. The van der Waals surface area contributed by atoms with Crippen molar-refractivity contribution in [1.29, 1.82) is 1.43 Å². The van der Waals surface area contributed by atoms with Gasteiger partial charge in [0, 0.05) is 0 Å². The molecule has 0 amide bonds. The highest BCUT2D eigenvalue weighted by Gasteiger charge is 2.42. The second kappa shape index (κ2) is 4.88. The van der Waals surface area contributed by atoms with Crippen LogP contribution in [0.3, 0.4) is 0 Å². The van der Waals surface area contributed by atoms with Gasteiger partial charge in [0.2, 0.25) is 1.43 Å². The molecule has 0 bridgehead atoms. The van der Waals surface area contributed by atoms with E-state index in [9.17, 15) is 14.8 Å². The predicted octanol–water partition coefficient (Wildman–Crippen LogP) is -1.96. The smallest absolute Gasteiger partial charge is 0.325 e. The van der Waals surface area contributed by atoms with Crippen LogP contribution in [0.4, 0.5) is 0 Å². The van der Waals surface area contributed by atoms with Crippen molar-refractivity contribution < 1.29 is 34.4 Å². The van der Waals surface area contributed by atoms with Gasteiger partial charge >= 0.3 is 7.60 Å². The molecule has 5 atom stereocenters. The number of ether oxygens (including phenoxy) is 1. The Labute approximate surface area is 88.0 Å². The van der Waals surface area contributed by atoms with E-state index in [-0.39, 0.29) is 12.6 Å². The van der Waals surface area contributed by atoms with E-state index < -0.39 is 38.6 Å². The van der Waals surface area contributed by atoms with Gasteiger partial charge in [-0.2, -0.15) is 0 Å². The van der Waals surface area contributed by atoms with E-state index in [0.29, 0.717) is 0 Å². The van der Waals surface area contributed by atoms with Gasteiger partial charge in [-0.05, 0) is 6.42 Å². The van der Waals surface area contributed by atoms with E-state index in [1.807, 2.05) is 0 Å². The number of hydrogen-bond acceptors (Lipinski definition) is 6. The maximum absolute atomic E-state index is 11.0. The summed E-state index contributed by atoms with van der Waals surface area (Å²) in [5, 5.41) is 27.7. The molecule has 0 aromatic heterocycles. The van der Waals surface area contributed by atoms with E-state index in [1.54, 1.807) is 0 Å². The Morgan fingerprint density at radius 2 is 1.93 bits per heavy atom. The van der Waals surface area contributed by atoms with Gasteiger partial charge in [0.15, 0.2) is 0 Å². The molecule has 5 N–H and O–H groups in total. The monoisotopic (exact) mass is 243 g/mol. The predicted molar refractivity (Wildman–Crippen MR) is 49.3 cm³/mol. The summed E-state index contributed by atoms with van der Waals surface area (Å²) < 4.78 is 22.4. The molecular formula is C7H15O7P. The SMILES string of the molecule is [2H]OP(=O)(O)CC[C@@H]1O[C@H](CO)[C@@H](O)[C@@H]1O. The third kappa shape index (κ3) is 3.49. The minimum Gasteiger partial charge on any atom is -0.394 e. The van der Waals surface area contributed by atoms with Gasteiger partial charge in [-0.3, -0.25) is 4.57 Å². The van der Waals surface area contributed by atoms with Gasteiger partial charge in [0.25, 0.3) is 0 Å². The van der Waals surface area contributed by atoms with E-state index in [2.05, 4.69) is 4.90 Å². The Kier molecular flexibility index (Phi) is 3.73. The summed E-state index contributed by atoms with van der Waals surface area (Å²) in [6.07, 6.45) is -4.57. The fourth-order valence-corrected chi connectivity index (χ4v) is 2.09.